The molecule has 0 bridgehead atoms. The molecule has 2 aromatic carbocycles. The first kappa shape index (κ1) is 17.3. The summed E-state index contributed by atoms with van der Waals surface area (Å²) in [6.45, 7) is 1.49. The Morgan fingerprint density at radius 2 is 1.79 bits per heavy atom. The maximum atomic E-state index is 12.8. The van der Waals surface area contributed by atoms with Gasteiger partial charge in [0, 0.05) is 19.0 Å². The average molecular weight is 366 g/mol. The quantitative estimate of drug-likeness (QED) is 0.809. The van der Waals surface area contributed by atoms with Gasteiger partial charge < -0.3 is 4.74 Å². The van der Waals surface area contributed by atoms with E-state index >= 15 is 0 Å². The molecule has 0 spiro atoms. The van der Waals surface area contributed by atoms with Crippen LogP contribution in [0.15, 0.2) is 59.5 Å². The summed E-state index contributed by atoms with van der Waals surface area (Å²) in [4.78, 5) is 0.177. The third kappa shape index (κ3) is 3.91. The molecule has 24 heavy (non-hydrogen) atoms. The fourth-order valence-corrected chi connectivity index (χ4v) is 4.95. The molecule has 1 saturated heterocycles. The molecule has 1 aliphatic rings. The zero-order chi connectivity index (χ0) is 17.0. The standard InChI is InChI=1S/C18H20ClNO3S/c19-17-10-4-5-11-18(17)24(21,22)20-12-6-7-15(13-20)14-23-16-8-2-1-3-9-16/h1-5,8-11,15H,6-7,12-14H2. The lowest BCUT2D eigenvalue weighted by molar-refractivity contribution is 0.180. The molecule has 0 radical (unpaired) electrons. The van der Waals surface area contributed by atoms with Crippen molar-refractivity contribution in [2.45, 2.75) is 17.7 Å². The zero-order valence-corrected chi connectivity index (χ0v) is 14.8. The van der Waals surface area contributed by atoms with E-state index in [-0.39, 0.29) is 15.8 Å². The van der Waals surface area contributed by atoms with Crippen LogP contribution in [0.1, 0.15) is 12.8 Å². The third-order valence-corrected chi connectivity index (χ3v) is 6.53. The molecule has 6 heteroatoms. The van der Waals surface area contributed by atoms with Crippen LogP contribution in [0.4, 0.5) is 0 Å². The molecule has 0 amide bonds. The van der Waals surface area contributed by atoms with Gasteiger partial charge in [-0.2, -0.15) is 4.31 Å². The van der Waals surface area contributed by atoms with Crippen molar-refractivity contribution in [3.63, 3.8) is 0 Å². The Morgan fingerprint density at radius 1 is 1.08 bits per heavy atom. The SMILES string of the molecule is O=S(=O)(c1ccccc1Cl)N1CCCC(COc2ccccc2)C1. The predicted molar refractivity (Wildman–Crippen MR) is 94.9 cm³/mol. The monoisotopic (exact) mass is 365 g/mol. The van der Waals surface area contributed by atoms with Crippen LogP contribution >= 0.6 is 11.6 Å². The van der Waals surface area contributed by atoms with Gasteiger partial charge >= 0.3 is 0 Å². The normalized spacial score (nSPS) is 19.1. The molecule has 2 aromatic rings. The summed E-state index contributed by atoms with van der Waals surface area (Å²) in [5.41, 5.74) is 0. The maximum absolute atomic E-state index is 12.8. The first-order valence-electron chi connectivity index (χ1n) is 8.00. The highest BCUT2D eigenvalue weighted by Gasteiger charge is 2.31. The van der Waals surface area contributed by atoms with Crippen LogP contribution in [-0.4, -0.2) is 32.4 Å². The van der Waals surface area contributed by atoms with Crippen LogP contribution in [0.3, 0.4) is 0 Å². The average Bonchev–Trinajstić information content (AvgIpc) is 2.61. The number of sulfonamides is 1. The molecule has 0 aromatic heterocycles. The first-order chi connectivity index (χ1) is 11.6. The Hall–Kier alpha value is -1.56. The van der Waals surface area contributed by atoms with Gasteiger partial charge in [-0.1, -0.05) is 41.9 Å². The number of halogens is 1. The minimum atomic E-state index is -3.56. The molecular formula is C18H20ClNO3S. The second-order valence-electron chi connectivity index (χ2n) is 5.93. The highest BCUT2D eigenvalue weighted by Crippen LogP contribution is 2.28. The Bertz CT molecular complexity index is 780. The van der Waals surface area contributed by atoms with Crippen molar-refractivity contribution in [1.29, 1.82) is 0 Å². The van der Waals surface area contributed by atoms with Gasteiger partial charge in [0.1, 0.15) is 10.6 Å². The number of para-hydroxylation sites is 1. The maximum Gasteiger partial charge on any atom is 0.244 e. The van der Waals surface area contributed by atoms with Gasteiger partial charge in [0.2, 0.25) is 10.0 Å². The van der Waals surface area contributed by atoms with Crippen LogP contribution in [0.25, 0.3) is 0 Å². The van der Waals surface area contributed by atoms with E-state index in [1.165, 1.54) is 4.31 Å². The minimum Gasteiger partial charge on any atom is -0.493 e. The second-order valence-corrected chi connectivity index (χ2v) is 8.24. The van der Waals surface area contributed by atoms with Crippen molar-refractivity contribution in [3.8, 4) is 5.75 Å². The number of hydrogen-bond donors (Lipinski definition) is 0. The second kappa shape index (κ2) is 7.55. The van der Waals surface area contributed by atoms with Gasteiger partial charge in [-0.05, 0) is 37.1 Å². The Kier molecular flexibility index (Phi) is 5.43. The molecule has 1 fully saturated rings. The summed E-state index contributed by atoms with van der Waals surface area (Å²) in [5.74, 6) is 0.986. The minimum absolute atomic E-state index is 0.177. The third-order valence-electron chi connectivity index (χ3n) is 4.17. The van der Waals surface area contributed by atoms with Gasteiger partial charge in [-0.15, -0.1) is 0 Å². The lowest BCUT2D eigenvalue weighted by Gasteiger charge is -2.32. The molecule has 4 nitrogen and oxygen atoms in total. The lowest BCUT2D eigenvalue weighted by Crippen LogP contribution is -2.41. The Labute approximate surface area is 148 Å². The van der Waals surface area contributed by atoms with Crippen molar-refractivity contribution >= 4 is 21.6 Å². The number of benzene rings is 2. The van der Waals surface area contributed by atoms with Gasteiger partial charge in [0.05, 0.1) is 11.6 Å². The van der Waals surface area contributed by atoms with Crippen molar-refractivity contribution in [2.24, 2.45) is 5.92 Å². The molecule has 3 rings (SSSR count). The van der Waals surface area contributed by atoms with Crippen molar-refractivity contribution in [1.82, 2.24) is 4.31 Å². The summed E-state index contributed by atoms with van der Waals surface area (Å²) in [6.07, 6.45) is 1.79. The van der Waals surface area contributed by atoms with Gasteiger partial charge in [0.25, 0.3) is 0 Å². The predicted octanol–water partition coefficient (Wildman–Crippen LogP) is 3.82. The topological polar surface area (TPSA) is 46.6 Å². The molecule has 128 valence electrons. The van der Waals surface area contributed by atoms with Crippen LogP contribution < -0.4 is 4.74 Å². The van der Waals surface area contributed by atoms with E-state index in [9.17, 15) is 8.42 Å². The summed E-state index contributed by atoms with van der Waals surface area (Å²) in [6, 6.07) is 16.2. The van der Waals surface area contributed by atoms with Gasteiger partial charge in [-0.25, -0.2) is 8.42 Å². The molecule has 0 aliphatic carbocycles. The fraction of sp³-hybridized carbons (Fsp3) is 0.333. The summed E-state index contributed by atoms with van der Waals surface area (Å²) >= 11 is 6.08. The summed E-state index contributed by atoms with van der Waals surface area (Å²) < 4.78 is 33.0. The van der Waals surface area contributed by atoms with E-state index < -0.39 is 10.0 Å². The van der Waals surface area contributed by atoms with Gasteiger partial charge in [-0.3, -0.25) is 0 Å². The Balaban J connectivity index is 1.68. The van der Waals surface area contributed by atoms with E-state index in [0.717, 1.165) is 18.6 Å². The summed E-state index contributed by atoms with van der Waals surface area (Å²) in [7, 11) is -3.56. The van der Waals surface area contributed by atoms with E-state index in [1.54, 1.807) is 24.3 Å². The van der Waals surface area contributed by atoms with E-state index in [0.29, 0.717) is 19.7 Å². The highest BCUT2D eigenvalue weighted by atomic mass is 35.5. The highest BCUT2D eigenvalue weighted by molar-refractivity contribution is 7.89. The van der Waals surface area contributed by atoms with Crippen molar-refractivity contribution < 1.29 is 13.2 Å². The first-order valence-corrected chi connectivity index (χ1v) is 9.82. The zero-order valence-electron chi connectivity index (χ0n) is 13.3. The van der Waals surface area contributed by atoms with Gasteiger partial charge in [0.15, 0.2) is 0 Å². The molecule has 1 aliphatic heterocycles. The van der Waals surface area contributed by atoms with E-state index in [2.05, 4.69) is 0 Å². The number of ether oxygens (including phenoxy) is 1. The van der Waals surface area contributed by atoms with Crippen LogP contribution in [0.5, 0.6) is 5.75 Å². The van der Waals surface area contributed by atoms with Crippen LogP contribution in [0, 0.1) is 5.92 Å². The number of piperidine rings is 1. The molecule has 0 saturated carbocycles. The van der Waals surface area contributed by atoms with Crippen LogP contribution in [0.2, 0.25) is 5.02 Å². The smallest absolute Gasteiger partial charge is 0.244 e. The fourth-order valence-electron chi connectivity index (χ4n) is 2.91. The van der Waals surface area contributed by atoms with Crippen molar-refractivity contribution in [3.05, 3.63) is 59.6 Å². The van der Waals surface area contributed by atoms with Crippen molar-refractivity contribution in [2.75, 3.05) is 19.7 Å². The largest absolute Gasteiger partial charge is 0.493 e. The summed E-state index contributed by atoms with van der Waals surface area (Å²) in [5, 5.41) is 0.264. The number of hydrogen-bond acceptors (Lipinski definition) is 3. The molecular weight excluding hydrogens is 346 g/mol. The van der Waals surface area contributed by atoms with Crippen LogP contribution in [-0.2, 0) is 10.0 Å². The molecule has 1 heterocycles. The molecule has 1 unspecified atom stereocenters. The van der Waals surface area contributed by atoms with E-state index in [4.69, 9.17) is 16.3 Å². The molecule has 0 N–H and O–H groups in total. The lowest BCUT2D eigenvalue weighted by atomic mass is 10.0. The molecule has 1 atom stereocenters. The van der Waals surface area contributed by atoms with E-state index in [1.807, 2.05) is 30.3 Å². The number of nitrogens with zero attached hydrogens (tertiary/aromatic N) is 1. The Morgan fingerprint density at radius 3 is 2.54 bits per heavy atom. The number of rotatable bonds is 5.